The number of pyridine rings is 1. The van der Waals surface area contributed by atoms with Crippen molar-refractivity contribution in [3.05, 3.63) is 29.6 Å². The molecule has 0 bridgehead atoms. The van der Waals surface area contributed by atoms with Crippen molar-refractivity contribution >= 4 is 11.9 Å². The Morgan fingerprint density at radius 1 is 1.33 bits per heavy atom. The molecule has 2 heterocycles. The minimum atomic E-state index is -4.58. The molecule has 9 heteroatoms. The van der Waals surface area contributed by atoms with Gasteiger partial charge in [0.25, 0.3) is 5.91 Å². The molecule has 1 aliphatic heterocycles. The van der Waals surface area contributed by atoms with E-state index in [1.54, 1.807) is 0 Å². The molecule has 1 saturated heterocycles. The monoisotopic (exact) mass is 346 g/mol. The van der Waals surface area contributed by atoms with E-state index in [0.717, 1.165) is 12.3 Å². The second-order valence-electron chi connectivity index (χ2n) is 5.53. The van der Waals surface area contributed by atoms with Gasteiger partial charge < -0.3 is 15.2 Å². The van der Waals surface area contributed by atoms with E-state index in [1.165, 1.54) is 0 Å². The Bertz CT molecular complexity index is 583. The molecular formula is C15H17F3N2O4. The third-order valence-electron chi connectivity index (χ3n) is 3.95. The van der Waals surface area contributed by atoms with E-state index in [4.69, 9.17) is 4.74 Å². The van der Waals surface area contributed by atoms with E-state index in [0.29, 0.717) is 32.1 Å². The van der Waals surface area contributed by atoms with Crippen LogP contribution < -0.4 is 5.32 Å². The number of hydrogen-bond donors (Lipinski definition) is 2. The van der Waals surface area contributed by atoms with E-state index >= 15 is 0 Å². The van der Waals surface area contributed by atoms with Crippen LogP contribution in [0, 0.1) is 11.8 Å². The lowest BCUT2D eigenvalue weighted by atomic mass is 9.86. The number of carboxylic acids is 1. The van der Waals surface area contributed by atoms with Crippen molar-refractivity contribution in [3.8, 4) is 0 Å². The number of carboxylic acid groups (broad SMARTS) is 1. The molecule has 1 amide bonds. The Labute approximate surface area is 136 Å². The number of nitrogens with one attached hydrogen (secondary N) is 1. The SMILES string of the molecule is O=C(NCC(C(=O)O)C1CCOCC1)c1ccc(C(F)(F)F)nc1. The summed E-state index contributed by atoms with van der Waals surface area (Å²) in [6.07, 6.45) is -2.57. The summed E-state index contributed by atoms with van der Waals surface area (Å²) in [5, 5.41) is 11.8. The van der Waals surface area contributed by atoms with Gasteiger partial charge in [-0.15, -0.1) is 0 Å². The number of halogens is 3. The van der Waals surface area contributed by atoms with Crippen molar-refractivity contribution in [2.45, 2.75) is 19.0 Å². The number of nitrogens with zero attached hydrogens (tertiary/aromatic N) is 1. The van der Waals surface area contributed by atoms with Gasteiger partial charge in [-0.05, 0) is 30.9 Å². The molecule has 132 valence electrons. The van der Waals surface area contributed by atoms with E-state index in [1.807, 2.05) is 0 Å². The third kappa shape index (κ3) is 4.67. The number of aromatic nitrogens is 1. The van der Waals surface area contributed by atoms with Crippen molar-refractivity contribution in [1.29, 1.82) is 0 Å². The van der Waals surface area contributed by atoms with Gasteiger partial charge in [0, 0.05) is 26.0 Å². The fourth-order valence-electron chi connectivity index (χ4n) is 2.57. The van der Waals surface area contributed by atoms with Crippen LogP contribution in [0.15, 0.2) is 18.3 Å². The molecule has 1 aromatic rings. The zero-order chi connectivity index (χ0) is 17.7. The van der Waals surface area contributed by atoms with Crippen LogP contribution in [0.25, 0.3) is 0 Å². The van der Waals surface area contributed by atoms with Gasteiger partial charge in [-0.3, -0.25) is 14.6 Å². The van der Waals surface area contributed by atoms with Gasteiger partial charge in [-0.1, -0.05) is 0 Å². The highest BCUT2D eigenvalue weighted by molar-refractivity contribution is 5.94. The quantitative estimate of drug-likeness (QED) is 0.851. The summed E-state index contributed by atoms with van der Waals surface area (Å²) in [4.78, 5) is 26.5. The zero-order valence-electron chi connectivity index (χ0n) is 12.7. The predicted molar refractivity (Wildman–Crippen MR) is 76.2 cm³/mol. The molecule has 1 unspecified atom stereocenters. The number of rotatable bonds is 5. The van der Waals surface area contributed by atoms with Gasteiger partial charge in [-0.25, -0.2) is 0 Å². The lowest BCUT2D eigenvalue weighted by molar-refractivity contribution is -0.144. The summed E-state index contributed by atoms with van der Waals surface area (Å²) >= 11 is 0. The summed E-state index contributed by atoms with van der Waals surface area (Å²) in [5.74, 6) is -2.55. The number of ether oxygens (including phenoxy) is 1. The summed E-state index contributed by atoms with van der Waals surface area (Å²) < 4.78 is 42.5. The van der Waals surface area contributed by atoms with E-state index in [-0.39, 0.29) is 18.0 Å². The summed E-state index contributed by atoms with van der Waals surface area (Å²) in [6.45, 7) is 0.857. The number of aliphatic carboxylic acids is 1. The smallest absolute Gasteiger partial charge is 0.433 e. The number of amides is 1. The fourth-order valence-corrected chi connectivity index (χ4v) is 2.57. The van der Waals surface area contributed by atoms with Crippen molar-refractivity contribution in [1.82, 2.24) is 10.3 Å². The fraction of sp³-hybridized carbons (Fsp3) is 0.533. The molecule has 0 spiro atoms. The maximum Gasteiger partial charge on any atom is 0.433 e. The highest BCUT2D eigenvalue weighted by atomic mass is 19.4. The first-order chi connectivity index (χ1) is 11.3. The molecule has 2 N–H and O–H groups in total. The second-order valence-corrected chi connectivity index (χ2v) is 5.53. The topological polar surface area (TPSA) is 88.5 Å². The molecule has 24 heavy (non-hydrogen) atoms. The third-order valence-corrected chi connectivity index (χ3v) is 3.95. The minimum Gasteiger partial charge on any atom is -0.481 e. The lowest BCUT2D eigenvalue weighted by Crippen LogP contribution is -2.39. The number of hydrogen-bond acceptors (Lipinski definition) is 4. The largest absolute Gasteiger partial charge is 0.481 e. The van der Waals surface area contributed by atoms with Crippen LogP contribution >= 0.6 is 0 Å². The Morgan fingerprint density at radius 2 is 2.00 bits per heavy atom. The van der Waals surface area contributed by atoms with Crippen LogP contribution in [-0.2, 0) is 15.7 Å². The first-order valence-corrected chi connectivity index (χ1v) is 7.41. The van der Waals surface area contributed by atoms with Crippen LogP contribution in [-0.4, -0.2) is 41.7 Å². The number of carbonyl (C=O) groups is 2. The van der Waals surface area contributed by atoms with Gasteiger partial charge >= 0.3 is 12.1 Å². The van der Waals surface area contributed by atoms with Gasteiger partial charge in [0.05, 0.1) is 11.5 Å². The average molecular weight is 346 g/mol. The number of alkyl halides is 3. The molecule has 1 aliphatic rings. The van der Waals surface area contributed by atoms with Gasteiger partial charge in [0.1, 0.15) is 5.69 Å². The van der Waals surface area contributed by atoms with Crippen LogP contribution in [0.4, 0.5) is 13.2 Å². The van der Waals surface area contributed by atoms with Crippen molar-refractivity contribution in [2.75, 3.05) is 19.8 Å². The molecule has 0 radical (unpaired) electrons. The Kier molecular flexibility index (Phi) is 5.76. The zero-order valence-corrected chi connectivity index (χ0v) is 12.7. The van der Waals surface area contributed by atoms with Crippen molar-refractivity contribution in [3.63, 3.8) is 0 Å². The predicted octanol–water partition coefficient (Wildman–Crippen LogP) is 1.96. The summed E-state index contributed by atoms with van der Waals surface area (Å²) in [5.41, 5.74) is -1.15. The maximum absolute atomic E-state index is 12.4. The molecule has 1 atom stereocenters. The normalized spacial score (nSPS) is 17.3. The Hall–Kier alpha value is -2.16. The first-order valence-electron chi connectivity index (χ1n) is 7.41. The second kappa shape index (κ2) is 7.61. The standard InChI is InChI=1S/C15H17F3N2O4/c16-15(17,18)12-2-1-10(7-19-12)13(21)20-8-11(14(22)23)9-3-5-24-6-4-9/h1-2,7,9,11H,3-6,8H2,(H,20,21)(H,22,23). The molecule has 2 rings (SSSR count). The highest BCUT2D eigenvalue weighted by Gasteiger charge is 2.33. The van der Waals surface area contributed by atoms with Gasteiger partial charge in [0.15, 0.2) is 0 Å². The van der Waals surface area contributed by atoms with Crippen LogP contribution in [0.2, 0.25) is 0 Å². The molecule has 1 fully saturated rings. The molecular weight excluding hydrogens is 329 g/mol. The maximum atomic E-state index is 12.4. The minimum absolute atomic E-state index is 0.0564. The van der Waals surface area contributed by atoms with Crippen LogP contribution in [0.1, 0.15) is 28.9 Å². The Morgan fingerprint density at radius 3 is 2.50 bits per heavy atom. The van der Waals surface area contributed by atoms with E-state index in [9.17, 15) is 27.9 Å². The Balaban J connectivity index is 1.96. The molecule has 1 aromatic heterocycles. The summed E-state index contributed by atoms with van der Waals surface area (Å²) in [6, 6.07) is 1.72. The molecule has 0 aromatic carbocycles. The van der Waals surface area contributed by atoms with E-state index < -0.39 is 29.7 Å². The summed E-state index contributed by atoms with van der Waals surface area (Å²) in [7, 11) is 0. The van der Waals surface area contributed by atoms with Crippen LogP contribution in [0.5, 0.6) is 0 Å². The first kappa shape index (κ1) is 18.2. The average Bonchev–Trinajstić information content (AvgIpc) is 2.55. The highest BCUT2D eigenvalue weighted by Crippen LogP contribution is 2.27. The lowest BCUT2D eigenvalue weighted by Gasteiger charge is -2.27. The van der Waals surface area contributed by atoms with Crippen molar-refractivity contribution in [2.24, 2.45) is 11.8 Å². The van der Waals surface area contributed by atoms with Crippen molar-refractivity contribution < 1.29 is 32.6 Å². The number of carbonyl (C=O) groups excluding carboxylic acids is 1. The molecule has 0 aliphatic carbocycles. The van der Waals surface area contributed by atoms with E-state index in [2.05, 4.69) is 10.3 Å². The van der Waals surface area contributed by atoms with Crippen LogP contribution in [0.3, 0.4) is 0 Å². The van der Waals surface area contributed by atoms with Gasteiger partial charge in [-0.2, -0.15) is 13.2 Å². The molecule has 6 nitrogen and oxygen atoms in total. The molecule has 0 saturated carbocycles. The van der Waals surface area contributed by atoms with Gasteiger partial charge in [0.2, 0.25) is 0 Å².